The van der Waals surface area contributed by atoms with Crippen LogP contribution in [0.15, 0.2) is 59.5 Å². The van der Waals surface area contributed by atoms with Gasteiger partial charge in [-0.15, -0.1) is 0 Å². The molecule has 1 N–H and O–H groups in total. The third-order valence-corrected chi connectivity index (χ3v) is 5.92. The number of hydrogen-bond acceptors (Lipinski definition) is 5. The summed E-state index contributed by atoms with van der Waals surface area (Å²) in [5.41, 5.74) is 1.36. The monoisotopic (exact) mass is 513 g/mol. The van der Waals surface area contributed by atoms with Crippen LogP contribution in [0.3, 0.4) is 0 Å². The fourth-order valence-electron chi connectivity index (χ4n) is 3.10. The fourth-order valence-corrected chi connectivity index (χ4v) is 4.08. The van der Waals surface area contributed by atoms with E-state index in [1.54, 1.807) is 43.3 Å². The second kappa shape index (κ2) is 8.98. The summed E-state index contributed by atoms with van der Waals surface area (Å²) in [7, 11) is -5.33. The lowest BCUT2D eigenvalue weighted by atomic mass is 10.3. The van der Waals surface area contributed by atoms with Crippen LogP contribution in [0, 0.1) is 41.8 Å². The average molecular weight is 513 g/mol. The van der Waals surface area contributed by atoms with Gasteiger partial charge in [0.1, 0.15) is 16.5 Å². The maximum absolute atomic E-state index is 14.7. The van der Waals surface area contributed by atoms with Crippen LogP contribution in [0.2, 0.25) is 0 Å². The molecule has 0 amide bonds. The largest absolute Gasteiger partial charge is 0.372 e. The predicted molar refractivity (Wildman–Crippen MR) is 112 cm³/mol. The molecule has 6 nitrogen and oxygen atoms in total. The third-order valence-electron chi connectivity index (χ3n) is 4.67. The van der Waals surface area contributed by atoms with Gasteiger partial charge in [0.25, 0.3) is 0 Å². The molecule has 0 saturated heterocycles. The zero-order valence-electron chi connectivity index (χ0n) is 17.5. The highest BCUT2D eigenvalue weighted by atomic mass is 32.2. The Kier molecular flexibility index (Phi) is 6.19. The van der Waals surface area contributed by atoms with Crippen molar-refractivity contribution >= 4 is 21.6 Å². The van der Waals surface area contributed by atoms with Crippen molar-refractivity contribution in [2.24, 2.45) is 0 Å². The highest BCUT2D eigenvalue weighted by Crippen LogP contribution is 2.32. The minimum absolute atomic E-state index is 0.0646. The van der Waals surface area contributed by atoms with Gasteiger partial charge in [0.05, 0.1) is 11.4 Å². The molecule has 182 valence electrons. The van der Waals surface area contributed by atoms with Crippen molar-refractivity contribution in [1.82, 2.24) is 9.78 Å². The number of hydrogen-bond donors (Lipinski definition) is 1. The first-order valence-corrected chi connectivity index (χ1v) is 11.0. The van der Waals surface area contributed by atoms with E-state index in [-0.39, 0.29) is 5.69 Å². The van der Waals surface area contributed by atoms with Crippen LogP contribution < -0.4 is 9.50 Å². The minimum Gasteiger partial charge on any atom is -0.372 e. The molecule has 35 heavy (non-hydrogen) atoms. The number of nitrogens with one attached hydrogen (secondary N) is 1. The molecule has 4 aromatic rings. The summed E-state index contributed by atoms with van der Waals surface area (Å²) in [4.78, 5) is -1.19. The summed E-state index contributed by atoms with van der Waals surface area (Å²) in [5, 5.41) is 7.19. The summed E-state index contributed by atoms with van der Waals surface area (Å²) in [6.07, 6.45) is 0. The normalized spacial score (nSPS) is 11.5. The molecule has 13 heteroatoms. The van der Waals surface area contributed by atoms with E-state index in [4.69, 9.17) is 0 Å². The molecule has 0 atom stereocenters. The Hall–Kier alpha value is -4.00. The van der Waals surface area contributed by atoms with E-state index >= 15 is 0 Å². The molecule has 0 unspecified atom stereocenters. The van der Waals surface area contributed by atoms with Crippen LogP contribution in [0.25, 0.3) is 5.69 Å². The van der Waals surface area contributed by atoms with Crippen molar-refractivity contribution in [1.29, 1.82) is 0 Å². The number of rotatable bonds is 6. The Labute approximate surface area is 194 Å². The number of halogens is 6. The summed E-state index contributed by atoms with van der Waals surface area (Å²) in [6, 6.07) is 13.1. The summed E-state index contributed by atoms with van der Waals surface area (Å²) < 4.78 is 113. The summed E-state index contributed by atoms with van der Waals surface area (Å²) >= 11 is 0. The van der Waals surface area contributed by atoms with Crippen LogP contribution in [0.4, 0.5) is 37.8 Å². The van der Waals surface area contributed by atoms with E-state index in [2.05, 4.69) is 14.6 Å². The first-order chi connectivity index (χ1) is 16.5. The molecular weight excluding hydrogens is 500 g/mol. The molecule has 0 aliphatic heterocycles. The summed E-state index contributed by atoms with van der Waals surface area (Å²) in [5.74, 6) is -15.5. The SMILES string of the molecule is Cc1cc(Nc2ccc(S(=O)(=O)Oc3c(F)c(F)c(F)c(F)c3F)c(F)c2)n(-c2ccccc2)n1. The van der Waals surface area contributed by atoms with Gasteiger partial charge in [-0.1, -0.05) is 18.2 Å². The second-order valence-electron chi connectivity index (χ2n) is 7.13. The Morgan fingerprint density at radius 3 is 2.03 bits per heavy atom. The third kappa shape index (κ3) is 4.54. The molecule has 0 aliphatic rings. The van der Waals surface area contributed by atoms with Crippen molar-refractivity contribution in [3.63, 3.8) is 0 Å². The van der Waals surface area contributed by atoms with Crippen LogP contribution in [0.1, 0.15) is 5.69 Å². The number of benzene rings is 3. The van der Waals surface area contributed by atoms with Gasteiger partial charge >= 0.3 is 10.1 Å². The number of anilines is 2. The van der Waals surface area contributed by atoms with Crippen molar-refractivity contribution < 1.29 is 38.9 Å². The molecule has 1 aromatic heterocycles. The maximum atomic E-state index is 14.7. The Balaban J connectivity index is 1.65. The van der Waals surface area contributed by atoms with E-state index in [1.165, 1.54) is 4.68 Å². The lowest BCUT2D eigenvalue weighted by molar-refractivity contribution is 0.346. The van der Waals surface area contributed by atoms with Crippen LogP contribution in [0.5, 0.6) is 5.75 Å². The number of nitrogens with zero attached hydrogens (tertiary/aromatic N) is 2. The molecule has 0 fully saturated rings. The molecule has 0 bridgehead atoms. The van der Waals surface area contributed by atoms with E-state index in [9.17, 15) is 34.8 Å². The van der Waals surface area contributed by atoms with Gasteiger partial charge in [-0.2, -0.15) is 22.3 Å². The van der Waals surface area contributed by atoms with Gasteiger partial charge in [0.2, 0.25) is 34.8 Å². The molecule has 4 rings (SSSR count). The molecule has 1 heterocycles. The highest BCUT2D eigenvalue weighted by molar-refractivity contribution is 7.87. The topological polar surface area (TPSA) is 73.2 Å². The molecular formula is C22H13F6N3O3S. The molecule has 0 radical (unpaired) electrons. The van der Waals surface area contributed by atoms with Gasteiger partial charge < -0.3 is 9.50 Å². The lowest BCUT2D eigenvalue weighted by Crippen LogP contribution is -2.16. The Bertz CT molecular complexity index is 1510. The Morgan fingerprint density at radius 2 is 1.43 bits per heavy atom. The smallest absolute Gasteiger partial charge is 0.342 e. The first-order valence-electron chi connectivity index (χ1n) is 9.64. The van der Waals surface area contributed by atoms with Crippen LogP contribution in [-0.2, 0) is 10.1 Å². The van der Waals surface area contributed by atoms with Crippen molar-refractivity contribution in [2.45, 2.75) is 11.8 Å². The van der Waals surface area contributed by atoms with E-state index < -0.39 is 55.7 Å². The van der Waals surface area contributed by atoms with Crippen molar-refractivity contribution in [2.75, 3.05) is 5.32 Å². The van der Waals surface area contributed by atoms with E-state index in [0.29, 0.717) is 23.3 Å². The minimum atomic E-state index is -5.33. The number of para-hydroxylation sites is 1. The van der Waals surface area contributed by atoms with Gasteiger partial charge in [-0.25, -0.2) is 22.2 Å². The molecule has 0 aliphatic carbocycles. The lowest BCUT2D eigenvalue weighted by Gasteiger charge is -2.13. The zero-order chi connectivity index (χ0) is 25.5. The fraction of sp³-hybridized carbons (Fsp3) is 0.0455. The van der Waals surface area contributed by atoms with E-state index in [1.807, 2.05) is 0 Å². The Morgan fingerprint density at radius 1 is 0.829 bits per heavy atom. The quantitative estimate of drug-likeness (QED) is 0.159. The average Bonchev–Trinajstić information content (AvgIpc) is 3.19. The van der Waals surface area contributed by atoms with Crippen molar-refractivity contribution in [3.05, 3.63) is 95.2 Å². The van der Waals surface area contributed by atoms with Gasteiger partial charge in [-0.3, -0.25) is 0 Å². The van der Waals surface area contributed by atoms with Gasteiger partial charge in [0.15, 0.2) is 0 Å². The zero-order valence-corrected chi connectivity index (χ0v) is 18.3. The first kappa shape index (κ1) is 24.1. The standard InChI is InChI=1S/C22H13F6N3O3S/c1-11-9-16(31(30-11)13-5-3-2-4-6-13)29-12-7-8-15(14(23)10-12)35(32,33)34-22-20(27)18(25)17(24)19(26)21(22)28/h2-10,29H,1H3. The number of aryl methyl sites for hydroxylation is 1. The van der Waals surface area contributed by atoms with Crippen molar-refractivity contribution in [3.8, 4) is 11.4 Å². The molecule has 3 aromatic carbocycles. The molecule has 0 spiro atoms. The van der Waals surface area contributed by atoms with Crippen LogP contribution >= 0.6 is 0 Å². The number of aromatic nitrogens is 2. The van der Waals surface area contributed by atoms with Gasteiger partial charge in [0, 0.05) is 11.8 Å². The predicted octanol–water partition coefficient (Wildman–Crippen LogP) is 5.53. The van der Waals surface area contributed by atoms with E-state index in [0.717, 1.165) is 12.1 Å². The van der Waals surface area contributed by atoms with Crippen LogP contribution in [-0.4, -0.2) is 18.2 Å². The summed E-state index contributed by atoms with van der Waals surface area (Å²) in [6.45, 7) is 1.72. The highest BCUT2D eigenvalue weighted by Gasteiger charge is 2.32. The van der Waals surface area contributed by atoms with Gasteiger partial charge in [-0.05, 0) is 37.3 Å². The molecule has 0 saturated carbocycles. The second-order valence-corrected chi connectivity index (χ2v) is 8.64. The maximum Gasteiger partial charge on any atom is 0.342 e.